The van der Waals surface area contributed by atoms with Crippen molar-refractivity contribution in [3.05, 3.63) is 35.4 Å². The highest BCUT2D eigenvalue weighted by Crippen LogP contribution is 2.30. The summed E-state index contributed by atoms with van der Waals surface area (Å²) in [6.07, 6.45) is -0.480. The van der Waals surface area contributed by atoms with Gasteiger partial charge in [-0.15, -0.1) is 0 Å². The van der Waals surface area contributed by atoms with Crippen LogP contribution in [0.25, 0.3) is 0 Å². The lowest BCUT2D eigenvalue weighted by molar-refractivity contribution is -0.137. The molecule has 2 N–H and O–H groups in total. The van der Waals surface area contributed by atoms with E-state index < -0.39 is 11.7 Å². The van der Waals surface area contributed by atoms with Gasteiger partial charge in [-0.25, -0.2) is 0 Å². The third-order valence-electron chi connectivity index (χ3n) is 4.29. The van der Waals surface area contributed by atoms with E-state index in [4.69, 9.17) is 0 Å². The highest BCUT2D eigenvalue weighted by Gasteiger charge is 2.30. The van der Waals surface area contributed by atoms with E-state index >= 15 is 0 Å². The molecule has 3 unspecified atom stereocenters. The summed E-state index contributed by atoms with van der Waals surface area (Å²) in [5.41, 5.74) is 0.203. The Labute approximate surface area is 123 Å². The number of aliphatic hydroxyl groups excluding tert-OH is 1. The van der Waals surface area contributed by atoms with Crippen molar-refractivity contribution in [3.8, 4) is 0 Å². The van der Waals surface area contributed by atoms with Gasteiger partial charge in [0.1, 0.15) is 0 Å². The fourth-order valence-electron chi connectivity index (χ4n) is 2.83. The third-order valence-corrected chi connectivity index (χ3v) is 4.29. The summed E-state index contributed by atoms with van der Waals surface area (Å²) in [6.45, 7) is 2.63. The van der Waals surface area contributed by atoms with E-state index in [-0.39, 0.29) is 18.1 Å². The predicted molar refractivity (Wildman–Crippen MR) is 75.8 cm³/mol. The van der Waals surface area contributed by atoms with Crippen LogP contribution in [0.1, 0.15) is 49.8 Å². The zero-order valence-corrected chi connectivity index (χ0v) is 12.2. The lowest BCUT2D eigenvalue weighted by atomic mass is 9.86. The van der Waals surface area contributed by atoms with Gasteiger partial charge in [0.15, 0.2) is 0 Å². The zero-order chi connectivity index (χ0) is 15.5. The van der Waals surface area contributed by atoms with Crippen molar-refractivity contribution in [2.75, 3.05) is 6.54 Å². The van der Waals surface area contributed by atoms with Crippen LogP contribution in [0.5, 0.6) is 0 Å². The van der Waals surface area contributed by atoms with E-state index in [9.17, 15) is 18.3 Å². The summed E-state index contributed by atoms with van der Waals surface area (Å²) in [6, 6.07) is 5.23. The fraction of sp³-hybridized carbons (Fsp3) is 0.625. The SMILES string of the molecule is CC(NCC1CCCCC1O)c1ccc(C(F)(F)F)cc1. The largest absolute Gasteiger partial charge is 0.416 e. The molecule has 1 saturated carbocycles. The van der Waals surface area contributed by atoms with E-state index in [0.29, 0.717) is 6.54 Å². The number of aliphatic hydroxyl groups is 1. The lowest BCUT2D eigenvalue weighted by Gasteiger charge is -2.29. The Balaban J connectivity index is 1.89. The van der Waals surface area contributed by atoms with Crippen LogP contribution in [-0.2, 0) is 6.18 Å². The summed E-state index contributed by atoms with van der Waals surface area (Å²) in [4.78, 5) is 0. The number of rotatable bonds is 4. The molecule has 2 rings (SSSR count). The molecule has 0 aliphatic heterocycles. The Morgan fingerprint density at radius 3 is 2.38 bits per heavy atom. The second-order valence-corrected chi connectivity index (χ2v) is 5.86. The molecule has 0 bridgehead atoms. The highest BCUT2D eigenvalue weighted by molar-refractivity contribution is 5.26. The van der Waals surface area contributed by atoms with Crippen LogP contribution in [-0.4, -0.2) is 17.8 Å². The molecule has 0 radical (unpaired) electrons. The van der Waals surface area contributed by atoms with E-state index in [2.05, 4.69) is 5.32 Å². The molecule has 1 fully saturated rings. The molecule has 118 valence electrons. The zero-order valence-electron chi connectivity index (χ0n) is 12.2. The molecular weight excluding hydrogens is 279 g/mol. The van der Waals surface area contributed by atoms with E-state index in [1.54, 1.807) is 0 Å². The number of hydrogen-bond acceptors (Lipinski definition) is 2. The normalized spacial score (nSPS) is 24.8. The van der Waals surface area contributed by atoms with Crippen LogP contribution < -0.4 is 5.32 Å². The highest BCUT2D eigenvalue weighted by atomic mass is 19.4. The third kappa shape index (κ3) is 4.45. The van der Waals surface area contributed by atoms with Crippen LogP contribution in [0.3, 0.4) is 0 Å². The Morgan fingerprint density at radius 1 is 1.19 bits per heavy atom. The standard InChI is InChI=1S/C16H22F3NO/c1-11(20-10-13-4-2-3-5-15(13)21)12-6-8-14(9-7-12)16(17,18)19/h6-9,11,13,15,20-21H,2-5,10H2,1H3. The van der Waals surface area contributed by atoms with Crippen molar-refractivity contribution in [2.45, 2.75) is 50.9 Å². The molecule has 3 atom stereocenters. The fourth-order valence-corrected chi connectivity index (χ4v) is 2.83. The van der Waals surface area contributed by atoms with Crippen LogP contribution >= 0.6 is 0 Å². The van der Waals surface area contributed by atoms with Crippen LogP contribution in [0.15, 0.2) is 24.3 Å². The molecule has 1 aliphatic carbocycles. The average Bonchev–Trinajstić information content (AvgIpc) is 2.45. The summed E-state index contributed by atoms with van der Waals surface area (Å²) >= 11 is 0. The molecule has 0 heterocycles. The maximum absolute atomic E-state index is 12.5. The van der Waals surface area contributed by atoms with Gasteiger partial charge in [-0.2, -0.15) is 13.2 Å². The molecule has 0 amide bonds. The van der Waals surface area contributed by atoms with Crippen LogP contribution in [0.4, 0.5) is 13.2 Å². The van der Waals surface area contributed by atoms with Crippen molar-refractivity contribution in [3.63, 3.8) is 0 Å². The predicted octanol–water partition coefficient (Wildman–Crippen LogP) is 3.91. The van der Waals surface area contributed by atoms with Crippen molar-refractivity contribution in [2.24, 2.45) is 5.92 Å². The molecule has 0 saturated heterocycles. The Kier molecular flexibility index (Phi) is 5.27. The minimum Gasteiger partial charge on any atom is -0.393 e. The second-order valence-electron chi connectivity index (χ2n) is 5.86. The number of benzene rings is 1. The first-order chi connectivity index (χ1) is 9.88. The molecule has 1 aromatic rings. The van der Waals surface area contributed by atoms with Crippen molar-refractivity contribution >= 4 is 0 Å². The number of halogens is 3. The van der Waals surface area contributed by atoms with Gasteiger partial charge in [0.2, 0.25) is 0 Å². The maximum atomic E-state index is 12.5. The molecule has 2 nitrogen and oxygen atoms in total. The van der Waals surface area contributed by atoms with E-state index in [0.717, 1.165) is 43.4 Å². The van der Waals surface area contributed by atoms with Crippen LogP contribution in [0.2, 0.25) is 0 Å². The second kappa shape index (κ2) is 6.79. The average molecular weight is 301 g/mol. The van der Waals surface area contributed by atoms with E-state index in [1.807, 2.05) is 6.92 Å². The van der Waals surface area contributed by atoms with Gasteiger partial charge in [0.05, 0.1) is 11.7 Å². The number of alkyl halides is 3. The topological polar surface area (TPSA) is 32.3 Å². The van der Waals surface area contributed by atoms with Crippen molar-refractivity contribution < 1.29 is 18.3 Å². The first kappa shape index (κ1) is 16.3. The van der Waals surface area contributed by atoms with Crippen molar-refractivity contribution in [1.29, 1.82) is 0 Å². The van der Waals surface area contributed by atoms with Gasteiger partial charge in [-0.1, -0.05) is 25.0 Å². The molecule has 21 heavy (non-hydrogen) atoms. The summed E-state index contributed by atoms with van der Waals surface area (Å²) in [5, 5.41) is 13.2. The quantitative estimate of drug-likeness (QED) is 0.884. The first-order valence-electron chi connectivity index (χ1n) is 7.46. The van der Waals surface area contributed by atoms with Gasteiger partial charge in [-0.3, -0.25) is 0 Å². The monoisotopic (exact) mass is 301 g/mol. The van der Waals surface area contributed by atoms with Gasteiger partial charge in [-0.05, 0) is 43.4 Å². The van der Waals surface area contributed by atoms with Gasteiger partial charge >= 0.3 is 6.18 Å². The van der Waals surface area contributed by atoms with Gasteiger partial charge in [0, 0.05) is 12.6 Å². The molecule has 0 aromatic heterocycles. The van der Waals surface area contributed by atoms with Crippen LogP contribution in [0, 0.1) is 5.92 Å². The minimum absolute atomic E-state index is 0.0265. The number of hydrogen-bond donors (Lipinski definition) is 2. The first-order valence-corrected chi connectivity index (χ1v) is 7.46. The Hall–Kier alpha value is -1.07. The molecule has 1 aromatic carbocycles. The van der Waals surface area contributed by atoms with Crippen molar-refractivity contribution in [1.82, 2.24) is 5.32 Å². The summed E-state index contributed by atoms with van der Waals surface area (Å²) in [7, 11) is 0. The molecule has 0 spiro atoms. The summed E-state index contributed by atoms with van der Waals surface area (Å²) < 4.78 is 37.5. The molecular formula is C16H22F3NO. The Morgan fingerprint density at radius 2 is 1.81 bits per heavy atom. The molecule has 1 aliphatic rings. The van der Waals surface area contributed by atoms with Gasteiger partial charge < -0.3 is 10.4 Å². The lowest BCUT2D eigenvalue weighted by Crippen LogP contribution is -2.34. The minimum atomic E-state index is -4.29. The Bertz CT molecular complexity index is 444. The maximum Gasteiger partial charge on any atom is 0.416 e. The summed E-state index contributed by atoms with van der Waals surface area (Å²) in [5.74, 6) is 0.246. The molecule has 5 heteroatoms. The van der Waals surface area contributed by atoms with Gasteiger partial charge in [0.25, 0.3) is 0 Å². The smallest absolute Gasteiger partial charge is 0.393 e. The number of nitrogens with one attached hydrogen (secondary N) is 1. The van der Waals surface area contributed by atoms with E-state index in [1.165, 1.54) is 12.1 Å².